The van der Waals surface area contributed by atoms with Gasteiger partial charge in [-0.3, -0.25) is 9.69 Å². The molecule has 3 heterocycles. The standard InChI is InChI=1S/C32H33F3N6O/c1-21(2)26-16-30-36-19-28(41(30)37-18-26)10-8-23-15-24(6-5-22(23)3)31(42)38-27-9-7-25(29(17-27)32(33,34)35)20-40-13-11-39(4)12-14-40/h5-7,9,15-19,21H,11-14,20H2,1-4H3,(H,38,42). The summed E-state index contributed by atoms with van der Waals surface area (Å²) < 4.78 is 43.6. The predicted molar refractivity (Wildman–Crippen MR) is 156 cm³/mol. The molecule has 1 aliphatic heterocycles. The number of carbonyl (C=O) groups excluding carboxylic acids is 1. The average molecular weight is 575 g/mol. The van der Waals surface area contributed by atoms with Gasteiger partial charge >= 0.3 is 6.18 Å². The fourth-order valence-corrected chi connectivity index (χ4v) is 4.83. The number of piperazine rings is 1. The number of halogens is 3. The number of hydrogen-bond acceptors (Lipinski definition) is 5. The topological polar surface area (TPSA) is 65.8 Å². The Kier molecular flexibility index (Phi) is 8.34. The molecule has 218 valence electrons. The van der Waals surface area contributed by atoms with E-state index < -0.39 is 17.6 Å². The fraction of sp³-hybridized carbons (Fsp3) is 0.344. The number of rotatable bonds is 5. The van der Waals surface area contributed by atoms with E-state index in [0.29, 0.717) is 35.9 Å². The Morgan fingerprint density at radius 2 is 1.79 bits per heavy atom. The lowest BCUT2D eigenvalue weighted by Gasteiger charge is -2.33. The minimum Gasteiger partial charge on any atom is -0.322 e. The van der Waals surface area contributed by atoms with Crippen molar-refractivity contribution in [3.63, 3.8) is 0 Å². The summed E-state index contributed by atoms with van der Waals surface area (Å²) in [4.78, 5) is 21.7. The van der Waals surface area contributed by atoms with Crippen molar-refractivity contribution < 1.29 is 18.0 Å². The molecule has 0 saturated carbocycles. The molecule has 0 unspecified atom stereocenters. The minimum atomic E-state index is -4.54. The lowest BCUT2D eigenvalue weighted by molar-refractivity contribution is -0.138. The number of aromatic nitrogens is 3. The number of nitrogens with zero attached hydrogens (tertiary/aromatic N) is 5. The smallest absolute Gasteiger partial charge is 0.322 e. The molecule has 0 atom stereocenters. The number of alkyl halides is 3. The Hall–Kier alpha value is -4.20. The number of likely N-dealkylation sites (N-methyl/N-ethyl adjacent to an activating group) is 1. The van der Waals surface area contributed by atoms with Crippen LogP contribution >= 0.6 is 0 Å². The summed E-state index contributed by atoms with van der Waals surface area (Å²) in [5, 5.41) is 7.09. The molecule has 0 radical (unpaired) electrons. The summed E-state index contributed by atoms with van der Waals surface area (Å²) in [6.45, 7) is 9.29. The number of fused-ring (bicyclic) bond motifs is 1. The van der Waals surface area contributed by atoms with Crippen LogP contribution < -0.4 is 5.32 Å². The van der Waals surface area contributed by atoms with Crippen LogP contribution in [-0.2, 0) is 12.7 Å². The van der Waals surface area contributed by atoms with E-state index in [9.17, 15) is 18.0 Å². The van der Waals surface area contributed by atoms with Crippen LogP contribution in [0.1, 0.15) is 63.6 Å². The molecule has 4 aromatic rings. The van der Waals surface area contributed by atoms with Crippen molar-refractivity contribution in [1.82, 2.24) is 24.4 Å². The molecule has 2 aromatic carbocycles. The van der Waals surface area contributed by atoms with Crippen molar-refractivity contribution >= 4 is 17.2 Å². The SMILES string of the molecule is Cc1ccc(C(=O)Nc2ccc(CN3CCN(C)CC3)c(C(F)(F)F)c2)cc1C#Cc1cnc2cc(C(C)C)cnn12. The van der Waals surface area contributed by atoms with Crippen LogP contribution in [0.2, 0.25) is 0 Å². The highest BCUT2D eigenvalue weighted by atomic mass is 19.4. The van der Waals surface area contributed by atoms with Crippen molar-refractivity contribution in [3.05, 3.63) is 93.9 Å². The zero-order valence-electron chi connectivity index (χ0n) is 24.1. The summed E-state index contributed by atoms with van der Waals surface area (Å²) >= 11 is 0. The second-order valence-electron chi connectivity index (χ2n) is 11.0. The first kappa shape index (κ1) is 29.3. The molecule has 0 aliphatic carbocycles. The van der Waals surface area contributed by atoms with E-state index in [2.05, 4.69) is 46.0 Å². The number of aryl methyl sites for hydroxylation is 1. The van der Waals surface area contributed by atoms with Gasteiger partial charge in [0.25, 0.3) is 5.91 Å². The highest BCUT2D eigenvalue weighted by molar-refractivity contribution is 6.04. The van der Waals surface area contributed by atoms with Gasteiger partial charge in [-0.2, -0.15) is 18.3 Å². The largest absolute Gasteiger partial charge is 0.416 e. The first-order valence-electron chi connectivity index (χ1n) is 13.9. The van der Waals surface area contributed by atoms with Gasteiger partial charge in [0.2, 0.25) is 0 Å². The van der Waals surface area contributed by atoms with Gasteiger partial charge in [0.15, 0.2) is 5.65 Å². The zero-order valence-corrected chi connectivity index (χ0v) is 24.1. The molecular formula is C32H33F3N6O. The number of amides is 1. The third-order valence-electron chi connectivity index (χ3n) is 7.54. The molecule has 1 saturated heterocycles. The van der Waals surface area contributed by atoms with Crippen LogP contribution in [0.4, 0.5) is 18.9 Å². The summed E-state index contributed by atoms with van der Waals surface area (Å²) in [6.07, 6.45) is -1.10. The van der Waals surface area contributed by atoms with Crippen molar-refractivity contribution in [3.8, 4) is 11.8 Å². The van der Waals surface area contributed by atoms with Crippen molar-refractivity contribution in [1.29, 1.82) is 0 Å². The molecule has 2 aromatic heterocycles. The normalized spacial score (nSPS) is 14.7. The van der Waals surface area contributed by atoms with Crippen molar-refractivity contribution in [2.24, 2.45) is 0 Å². The van der Waals surface area contributed by atoms with Gasteiger partial charge in [0.1, 0.15) is 5.69 Å². The molecule has 1 aliphatic rings. The highest BCUT2D eigenvalue weighted by Crippen LogP contribution is 2.34. The molecule has 10 heteroatoms. The maximum Gasteiger partial charge on any atom is 0.416 e. The first-order valence-corrected chi connectivity index (χ1v) is 13.9. The molecular weight excluding hydrogens is 541 g/mol. The number of anilines is 1. The molecule has 1 fully saturated rings. The number of hydrogen-bond donors (Lipinski definition) is 1. The number of imidazole rings is 1. The lowest BCUT2D eigenvalue weighted by Crippen LogP contribution is -2.44. The van der Waals surface area contributed by atoms with Gasteiger partial charge in [-0.25, -0.2) is 9.50 Å². The Morgan fingerprint density at radius 1 is 1.02 bits per heavy atom. The molecule has 1 amide bonds. The van der Waals surface area contributed by atoms with Crippen LogP contribution in [0.25, 0.3) is 5.65 Å². The molecule has 1 N–H and O–H groups in total. The third kappa shape index (κ3) is 6.64. The molecule has 5 rings (SSSR count). The molecule has 42 heavy (non-hydrogen) atoms. The Bertz CT molecular complexity index is 1670. The monoisotopic (exact) mass is 574 g/mol. The van der Waals surface area contributed by atoms with Gasteiger partial charge in [-0.05, 0) is 72.8 Å². The van der Waals surface area contributed by atoms with E-state index in [4.69, 9.17) is 0 Å². The van der Waals surface area contributed by atoms with Gasteiger partial charge in [0, 0.05) is 49.5 Å². The molecule has 7 nitrogen and oxygen atoms in total. The third-order valence-corrected chi connectivity index (χ3v) is 7.54. The van der Waals surface area contributed by atoms with Crippen LogP contribution in [0.15, 0.2) is 54.9 Å². The molecule has 0 bridgehead atoms. The van der Waals surface area contributed by atoms with Crippen LogP contribution in [0.5, 0.6) is 0 Å². The first-order chi connectivity index (χ1) is 20.0. The van der Waals surface area contributed by atoms with E-state index in [-0.39, 0.29) is 23.4 Å². The Labute approximate surface area is 243 Å². The Morgan fingerprint density at radius 3 is 2.50 bits per heavy atom. The van der Waals surface area contributed by atoms with E-state index in [1.165, 1.54) is 12.1 Å². The van der Waals surface area contributed by atoms with Crippen LogP contribution in [0, 0.1) is 18.8 Å². The maximum absolute atomic E-state index is 14.0. The highest BCUT2D eigenvalue weighted by Gasteiger charge is 2.34. The fourth-order valence-electron chi connectivity index (χ4n) is 4.83. The second-order valence-corrected chi connectivity index (χ2v) is 11.0. The van der Waals surface area contributed by atoms with Crippen molar-refractivity contribution in [2.45, 2.75) is 39.4 Å². The Balaban J connectivity index is 1.34. The zero-order chi connectivity index (χ0) is 30.0. The van der Waals surface area contributed by atoms with Crippen molar-refractivity contribution in [2.75, 3.05) is 38.5 Å². The average Bonchev–Trinajstić information content (AvgIpc) is 3.36. The summed E-state index contributed by atoms with van der Waals surface area (Å²) in [5.41, 5.74) is 3.68. The van der Waals surface area contributed by atoms with Gasteiger partial charge in [-0.15, -0.1) is 0 Å². The van der Waals surface area contributed by atoms with E-state index in [1.54, 1.807) is 35.1 Å². The lowest BCUT2D eigenvalue weighted by atomic mass is 10.0. The second kappa shape index (κ2) is 12.0. The van der Waals surface area contributed by atoms with Gasteiger partial charge in [-0.1, -0.05) is 31.9 Å². The maximum atomic E-state index is 14.0. The van der Waals surface area contributed by atoms with Crippen LogP contribution in [0.3, 0.4) is 0 Å². The van der Waals surface area contributed by atoms with E-state index in [0.717, 1.165) is 30.3 Å². The summed E-state index contributed by atoms with van der Waals surface area (Å²) in [7, 11) is 2.00. The van der Waals surface area contributed by atoms with Gasteiger partial charge in [0.05, 0.1) is 18.0 Å². The number of nitrogens with one attached hydrogen (secondary N) is 1. The predicted octanol–water partition coefficient (Wildman–Crippen LogP) is 5.58. The van der Waals surface area contributed by atoms with E-state index >= 15 is 0 Å². The van der Waals surface area contributed by atoms with Crippen LogP contribution in [-0.4, -0.2) is 63.5 Å². The minimum absolute atomic E-state index is 0.0835. The van der Waals surface area contributed by atoms with E-state index in [1.807, 2.05) is 24.9 Å². The quantitative estimate of drug-likeness (QED) is 0.316. The molecule has 0 spiro atoms. The summed E-state index contributed by atoms with van der Waals surface area (Å²) in [6, 6.07) is 11.0. The number of benzene rings is 2. The summed E-state index contributed by atoms with van der Waals surface area (Å²) in [5.74, 6) is 5.98. The number of carbonyl (C=O) groups is 1. The van der Waals surface area contributed by atoms with Gasteiger partial charge < -0.3 is 10.2 Å².